The number of carbonyl (C=O) groups is 1. The Morgan fingerprint density at radius 2 is 1.69 bits per heavy atom. The summed E-state index contributed by atoms with van der Waals surface area (Å²) in [6, 6.07) is 13.0. The van der Waals surface area contributed by atoms with Crippen molar-refractivity contribution in [1.29, 1.82) is 0 Å². The van der Waals surface area contributed by atoms with Gasteiger partial charge in [-0.3, -0.25) is 4.79 Å². The van der Waals surface area contributed by atoms with Crippen LogP contribution < -0.4 is 5.01 Å². The molecule has 1 aromatic heterocycles. The Morgan fingerprint density at radius 3 is 2.41 bits per heavy atom. The van der Waals surface area contributed by atoms with Gasteiger partial charge in [0.05, 0.1) is 22.0 Å². The molecule has 1 heterocycles. The van der Waals surface area contributed by atoms with Crippen molar-refractivity contribution >= 4 is 38.8 Å². The summed E-state index contributed by atoms with van der Waals surface area (Å²) in [6.45, 7) is 0. The van der Waals surface area contributed by atoms with Crippen LogP contribution in [0.1, 0.15) is 21.5 Å². The lowest BCUT2D eigenvalue weighted by atomic mass is 10.1. The van der Waals surface area contributed by atoms with Crippen molar-refractivity contribution in [3.63, 3.8) is 0 Å². The highest BCUT2D eigenvalue weighted by Gasteiger charge is 2.32. The molecule has 162 valence electrons. The summed E-state index contributed by atoms with van der Waals surface area (Å²) in [4.78, 5) is 17.4. The third-order valence-electron chi connectivity index (χ3n) is 4.34. The minimum atomic E-state index is -4.63. The Hall–Kier alpha value is -3.66. The molecule has 0 aliphatic carbocycles. The van der Waals surface area contributed by atoms with Crippen LogP contribution in [-0.4, -0.2) is 17.1 Å². The molecular weight excluding hydrogens is 449 g/mol. The number of benzene rings is 3. The number of halogens is 5. The summed E-state index contributed by atoms with van der Waals surface area (Å²) in [6.07, 6.45) is -3.39. The van der Waals surface area contributed by atoms with Crippen molar-refractivity contribution in [3.05, 3.63) is 95.1 Å². The van der Waals surface area contributed by atoms with Crippen LogP contribution in [0, 0.1) is 11.6 Å². The van der Waals surface area contributed by atoms with E-state index in [-0.39, 0.29) is 10.7 Å². The van der Waals surface area contributed by atoms with Gasteiger partial charge in [-0.05, 0) is 54.1 Å². The lowest BCUT2D eigenvalue weighted by Crippen LogP contribution is -2.26. The van der Waals surface area contributed by atoms with Crippen molar-refractivity contribution in [2.24, 2.45) is 5.10 Å². The molecule has 1 amide bonds. The number of aromatic nitrogens is 1. The molecule has 0 aliphatic heterocycles. The van der Waals surface area contributed by atoms with E-state index in [1.165, 1.54) is 54.7 Å². The topological polar surface area (TPSA) is 45.6 Å². The number of hydrazone groups is 1. The zero-order valence-corrected chi connectivity index (χ0v) is 16.8. The number of fused-ring (bicyclic) bond motifs is 1. The number of amides is 1. The van der Waals surface area contributed by atoms with Crippen molar-refractivity contribution in [2.45, 2.75) is 6.18 Å². The van der Waals surface area contributed by atoms with E-state index in [4.69, 9.17) is 0 Å². The fraction of sp³-hybridized carbons (Fsp3) is 0.0455. The maximum atomic E-state index is 13.6. The van der Waals surface area contributed by atoms with Crippen LogP contribution in [0.2, 0.25) is 0 Å². The fourth-order valence-electron chi connectivity index (χ4n) is 2.79. The lowest BCUT2D eigenvalue weighted by Gasteiger charge is -2.15. The van der Waals surface area contributed by atoms with E-state index in [0.717, 1.165) is 34.5 Å². The number of thiazole rings is 1. The molecule has 0 atom stereocenters. The summed E-state index contributed by atoms with van der Waals surface area (Å²) >= 11 is 0.948. The zero-order chi connectivity index (χ0) is 22.9. The molecule has 32 heavy (non-hydrogen) atoms. The maximum Gasteiger partial charge on any atom is 0.416 e. The third-order valence-corrected chi connectivity index (χ3v) is 5.34. The highest BCUT2D eigenvalue weighted by Crippen LogP contribution is 2.32. The minimum Gasteiger partial charge on any atom is -0.267 e. The standard InChI is InChI=1S/C22H12F5N3OS/c23-16-6-4-13(5-7-16)12-28-30(21-29-18-9-8-17(24)11-19(18)32-21)20(31)14-2-1-3-15(10-14)22(25,26)27/h1-12H/b28-12+. The van der Waals surface area contributed by atoms with Crippen molar-refractivity contribution < 1.29 is 26.7 Å². The Labute approximate surface area is 182 Å². The van der Waals surface area contributed by atoms with Crippen LogP contribution in [0.5, 0.6) is 0 Å². The number of carbonyl (C=O) groups excluding carboxylic acids is 1. The largest absolute Gasteiger partial charge is 0.416 e. The van der Waals surface area contributed by atoms with Crippen LogP contribution in [0.15, 0.2) is 71.8 Å². The summed E-state index contributed by atoms with van der Waals surface area (Å²) < 4.78 is 66.4. The van der Waals surface area contributed by atoms with E-state index in [9.17, 15) is 26.7 Å². The first-order valence-corrected chi connectivity index (χ1v) is 9.90. The van der Waals surface area contributed by atoms with Crippen molar-refractivity contribution in [3.8, 4) is 0 Å². The van der Waals surface area contributed by atoms with Crippen LogP contribution in [0.25, 0.3) is 10.2 Å². The van der Waals surface area contributed by atoms with Gasteiger partial charge in [0.25, 0.3) is 5.91 Å². The first-order valence-electron chi connectivity index (χ1n) is 9.08. The molecule has 0 aliphatic rings. The number of hydrogen-bond acceptors (Lipinski definition) is 4. The first-order chi connectivity index (χ1) is 15.2. The molecule has 4 aromatic rings. The molecule has 10 heteroatoms. The number of alkyl halides is 3. The number of hydrogen-bond donors (Lipinski definition) is 0. The minimum absolute atomic E-state index is 0.0337. The molecule has 3 aromatic carbocycles. The van der Waals surface area contributed by atoms with E-state index in [1.54, 1.807) is 0 Å². The number of rotatable bonds is 4. The lowest BCUT2D eigenvalue weighted by molar-refractivity contribution is -0.137. The second-order valence-corrected chi connectivity index (χ2v) is 7.61. The fourth-order valence-corrected chi connectivity index (χ4v) is 3.74. The Bertz CT molecular complexity index is 1320. The van der Waals surface area contributed by atoms with Gasteiger partial charge in [-0.2, -0.15) is 23.3 Å². The molecule has 0 fully saturated rings. The molecule has 0 saturated carbocycles. The molecule has 0 unspecified atom stereocenters. The van der Waals surface area contributed by atoms with Gasteiger partial charge in [-0.15, -0.1) is 0 Å². The quantitative estimate of drug-likeness (QED) is 0.204. The molecule has 0 N–H and O–H groups in total. The Kier molecular flexibility index (Phi) is 5.70. The van der Waals surface area contributed by atoms with Crippen LogP contribution in [-0.2, 0) is 6.18 Å². The number of nitrogens with zero attached hydrogens (tertiary/aromatic N) is 3. The van der Waals surface area contributed by atoms with E-state index in [2.05, 4.69) is 10.1 Å². The first kappa shape index (κ1) is 21.6. The van der Waals surface area contributed by atoms with Crippen molar-refractivity contribution in [2.75, 3.05) is 5.01 Å². The molecule has 0 saturated heterocycles. The van der Waals surface area contributed by atoms with Gasteiger partial charge >= 0.3 is 6.18 Å². The highest BCUT2D eigenvalue weighted by molar-refractivity contribution is 7.22. The average Bonchev–Trinajstić information content (AvgIpc) is 3.17. The second-order valence-electron chi connectivity index (χ2n) is 6.60. The predicted molar refractivity (Wildman–Crippen MR) is 112 cm³/mol. The molecule has 4 nitrogen and oxygen atoms in total. The summed E-state index contributed by atoms with van der Waals surface area (Å²) in [5, 5.41) is 4.96. The van der Waals surface area contributed by atoms with E-state index < -0.39 is 29.3 Å². The summed E-state index contributed by atoms with van der Waals surface area (Å²) in [5.74, 6) is -1.83. The predicted octanol–water partition coefficient (Wildman–Crippen LogP) is 6.27. The zero-order valence-electron chi connectivity index (χ0n) is 16.0. The SMILES string of the molecule is O=C(c1cccc(C(F)(F)F)c1)N(/N=C/c1ccc(F)cc1)c1nc2ccc(F)cc2s1. The summed E-state index contributed by atoms with van der Waals surface area (Å²) in [7, 11) is 0. The highest BCUT2D eigenvalue weighted by atomic mass is 32.1. The smallest absolute Gasteiger partial charge is 0.267 e. The van der Waals surface area contributed by atoms with Gasteiger partial charge in [0, 0.05) is 5.56 Å². The van der Waals surface area contributed by atoms with Gasteiger partial charge in [-0.25, -0.2) is 13.8 Å². The Morgan fingerprint density at radius 1 is 0.969 bits per heavy atom. The van der Waals surface area contributed by atoms with Crippen molar-refractivity contribution in [1.82, 2.24) is 4.98 Å². The normalized spacial score (nSPS) is 11.9. The van der Waals surface area contributed by atoms with Gasteiger partial charge in [0.1, 0.15) is 11.6 Å². The average molecular weight is 461 g/mol. The number of anilines is 1. The maximum absolute atomic E-state index is 13.6. The third kappa shape index (κ3) is 4.65. The molecule has 0 bridgehead atoms. The van der Waals surface area contributed by atoms with Gasteiger partial charge < -0.3 is 0 Å². The van der Waals surface area contributed by atoms with Crippen LogP contribution in [0.3, 0.4) is 0 Å². The second kappa shape index (κ2) is 8.46. The van der Waals surface area contributed by atoms with Gasteiger partial charge in [0.2, 0.25) is 5.13 Å². The Balaban J connectivity index is 1.77. The summed E-state index contributed by atoms with van der Waals surface area (Å²) in [5.41, 5.74) is -0.413. The molecule has 4 rings (SSSR count). The van der Waals surface area contributed by atoms with Crippen LogP contribution >= 0.6 is 11.3 Å². The van der Waals surface area contributed by atoms with E-state index in [0.29, 0.717) is 15.8 Å². The van der Waals surface area contributed by atoms with E-state index in [1.807, 2.05) is 0 Å². The monoisotopic (exact) mass is 461 g/mol. The van der Waals surface area contributed by atoms with Gasteiger partial charge in [-0.1, -0.05) is 29.5 Å². The van der Waals surface area contributed by atoms with Gasteiger partial charge in [0.15, 0.2) is 0 Å². The molecule has 0 spiro atoms. The molecular formula is C22H12F5N3OS. The molecule has 0 radical (unpaired) electrons. The van der Waals surface area contributed by atoms with E-state index >= 15 is 0 Å². The van der Waals surface area contributed by atoms with Crippen LogP contribution in [0.4, 0.5) is 27.1 Å².